The van der Waals surface area contributed by atoms with Gasteiger partial charge in [-0.05, 0) is 37.5 Å². The van der Waals surface area contributed by atoms with Crippen molar-refractivity contribution in [1.29, 1.82) is 0 Å². The van der Waals surface area contributed by atoms with E-state index in [4.69, 9.17) is 9.94 Å². The lowest BCUT2D eigenvalue weighted by molar-refractivity contribution is -0.138. The predicted molar refractivity (Wildman–Crippen MR) is 93.1 cm³/mol. The molecule has 25 heavy (non-hydrogen) atoms. The van der Waals surface area contributed by atoms with E-state index in [9.17, 15) is 15.0 Å². The summed E-state index contributed by atoms with van der Waals surface area (Å²) in [5.74, 6) is -0.0470. The number of aliphatic hydroxyl groups is 2. The maximum absolute atomic E-state index is 10.5. The molecule has 0 bridgehead atoms. The van der Waals surface area contributed by atoms with E-state index in [-0.39, 0.29) is 30.8 Å². The van der Waals surface area contributed by atoms with E-state index in [0.29, 0.717) is 12.3 Å². The number of nitrogens with zero attached hydrogens (tertiary/aromatic N) is 1. The van der Waals surface area contributed by atoms with Crippen molar-refractivity contribution in [3.8, 4) is 0 Å². The molecule has 3 unspecified atom stereocenters. The highest BCUT2D eigenvalue weighted by molar-refractivity contribution is 5.93. The summed E-state index contributed by atoms with van der Waals surface area (Å²) in [6.45, 7) is 0.0791. The van der Waals surface area contributed by atoms with Gasteiger partial charge in [0, 0.05) is 11.8 Å². The zero-order valence-electron chi connectivity index (χ0n) is 14.6. The molecule has 3 rings (SSSR count). The molecule has 3 aliphatic carbocycles. The van der Waals surface area contributed by atoms with Gasteiger partial charge in [-0.25, -0.2) is 0 Å². The highest BCUT2D eigenvalue weighted by Crippen LogP contribution is 2.48. The van der Waals surface area contributed by atoms with Crippen molar-refractivity contribution >= 4 is 11.7 Å². The Labute approximate surface area is 148 Å². The Morgan fingerprint density at radius 2 is 2.08 bits per heavy atom. The number of hydrogen-bond acceptors (Lipinski definition) is 5. The first-order valence-corrected chi connectivity index (χ1v) is 9.51. The van der Waals surface area contributed by atoms with Crippen molar-refractivity contribution in [2.24, 2.45) is 28.8 Å². The Hall–Kier alpha value is -1.40. The Bertz CT molecular complexity index is 526. The Morgan fingerprint density at radius 3 is 2.80 bits per heavy atom. The van der Waals surface area contributed by atoms with E-state index in [1.54, 1.807) is 0 Å². The quantitative estimate of drug-likeness (QED) is 0.371. The lowest BCUT2D eigenvalue weighted by Crippen LogP contribution is -2.38. The summed E-state index contributed by atoms with van der Waals surface area (Å²) in [5, 5.41) is 33.4. The standard InChI is InChI=1S/C19H29NO5/c21-17(12-4-2-1-3-5-12)7-6-13-10-14-15(19(13)24)11-16(14)20-25-9-8-18(22)23/h6-7,12-15,17,19,21,24H,1-5,8-11H2,(H,22,23)/t13?,14-,15+,17?,19?/m0/s1. The van der Waals surface area contributed by atoms with Crippen molar-refractivity contribution in [2.75, 3.05) is 6.61 Å². The first-order chi connectivity index (χ1) is 12.1. The molecule has 6 heteroatoms. The number of fused-ring (bicyclic) bond motifs is 1. The average Bonchev–Trinajstić information content (AvgIpc) is 2.83. The van der Waals surface area contributed by atoms with Crippen LogP contribution in [0.4, 0.5) is 0 Å². The normalized spacial score (nSPS) is 35.5. The molecule has 3 aliphatic rings. The van der Waals surface area contributed by atoms with Crippen LogP contribution in [0, 0.1) is 23.7 Å². The van der Waals surface area contributed by atoms with Gasteiger partial charge >= 0.3 is 5.97 Å². The van der Waals surface area contributed by atoms with Gasteiger partial charge in [-0.15, -0.1) is 0 Å². The Balaban J connectivity index is 1.47. The third-order valence-corrected chi connectivity index (χ3v) is 6.07. The highest BCUT2D eigenvalue weighted by atomic mass is 16.6. The summed E-state index contributed by atoms with van der Waals surface area (Å²) >= 11 is 0. The van der Waals surface area contributed by atoms with Crippen LogP contribution in [0.2, 0.25) is 0 Å². The van der Waals surface area contributed by atoms with Gasteiger partial charge in [-0.2, -0.15) is 0 Å². The van der Waals surface area contributed by atoms with Crippen molar-refractivity contribution in [1.82, 2.24) is 0 Å². The van der Waals surface area contributed by atoms with E-state index in [2.05, 4.69) is 5.16 Å². The fourth-order valence-corrected chi connectivity index (χ4v) is 4.49. The number of carboxylic acid groups (broad SMARTS) is 1. The second-order valence-electron chi connectivity index (χ2n) is 7.70. The molecular formula is C19H29NO5. The summed E-state index contributed by atoms with van der Waals surface area (Å²) in [6.07, 6.45) is 10.4. The number of hydrogen-bond donors (Lipinski definition) is 3. The minimum atomic E-state index is -0.898. The van der Waals surface area contributed by atoms with Gasteiger partial charge in [0.15, 0.2) is 0 Å². The van der Waals surface area contributed by atoms with Crippen molar-refractivity contribution in [2.45, 2.75) is 63.6 Å². The van der Waals surface area contributed by atoms with Gasteiger partial charge < -0.3 is 20.2 Å². The summed E-state index contributed by atoms with van der Waals surface area (Å²) in [5.41, 5.74) is 0.929. The number of carboxylic acids is 1. The minimum Gasteiger partial charge on any atom is -0.481 e. The molecular weight excluding hydrogens is 322 g/mol. The maximum atomic E-state index is 10.5. The van der Waals surface area contributed by atoms with Crippen molar-refractivity contribution in [3.63, 3.8) is 0 Å². The van der Waals surface area contributed by atoms with Crippen LogP contribution in [-0.4, -0.2) is 45.8 Å². The zero-order chi connectivity index (χ0) is 17.8. The fraction of sp³-hybridized carbons (Fsp3) is 0.789. The monoisotopic (exact) mass is 351 g/mol. The van der Waals surface area contributed by atoms with Gasteiger partial charge in [0.2, 0.25) is 0 Å². The van der Waals surface area contributed by atoms with E-state index >= 15 is 0 Å². The third-order valence-electron chi connectivity index (χ3n) is 6.07. The number of aliphatic hydroxyl groups excluding tert-OH is 2. The van der Waals surface area contributed by atoms with Crippen LogP contribution in [0.3, 0.4) is 0 Å². The van der Waals surface area contributed by atoms with E-state index in [1.165, 1.54) is 19.3 Å². The molecule has 0 aromatic rings. The van der Waals surface area contributed by atoms with Gasteiger partial charge in [0.1, 0.15) is 6.61 Å². The molecule has 0 spiro atoms. The van der Waals surface area contributed by atoms with Crippen LogP contribution in [0.15, 0.2) is 17.3 Å². The molecule has 0 amide bonds. The van der Waals surface area contributed by atoms with Gasteiger partial charge in [-0.1, -0.05) is 36.6 Å². The largest absolute Gasteiger partial charge is 0.481 e. The minimum absolute atomic E-state index is 0.0555. The maximum Gasteiger partial charge on any atom is 0.306 e. The average molecular weight is 351 g/mol. The number of rotatable bonds is 7. The SMILES string of the molecule is O=C(O)CCON=C1C[C@H]2C(O)C(C=CC(O)C3CCCCC3)C[C@H]12. The molecule has 6 nitrogen and oxygen atoms in total. The lowest BCUT2D eigenvalue weighted by Gasteiger charge is -2.33. The van der Waals surface area contributed by atoms with Crippen LogP contribution in [0.5, 0.6) is 0 Å². The molecule has 3 fully saturated rings. The number of aliphatic carboxylic acids is 1. The van der Waals surface area contributed by atoms with Crippen molar-refractivity contribution in [3.05, 3.63) is 12.2 Å². The molecule has 0 aromatic heterocycles. The highest BCUT2D eigenvalue weighted by Gasteiger charge is 2.51. The molecule has 3 saturated carbocycles. The molecule has 0 saturated heterocycles. The molecule has 0 radical (unpaired) electrons. The molecule has 0 heterocycles. The molecule has 0 aliphatic heterocycles. The van der Waals surface area contributed by atoms with Crippen molar-refractivity contribution < 1.29 is 25.0 Å². The first kappa shape index (κ1) is 18.4. The summed E-state index contributed by atoms with van der Waals surface area (Å²) in [4.78, 5) is 15.5. The van der Waals surface area contributed by atoms with Crippen LogP contribution < -0.4 is 0 Å². The Morgan fingerprint density at radius 1 is 1.32 bits per heavy atom. The first-order valence-electron chi connectivity index (χ1n) is 9.51. The molecule has 0 aromatic carbocycles. The summed E-state index contributed by atoms with van der Waals surface area (Å²) < 4.78 is 0. The van der Waals surface area contributed by atoms with Crippen LogP contribution in [-0.2, 0) is 9.63 Å². The molecule has 140 valence electrons. The smallest absolute Gasteiger partial charge is 0.306 e. The second kappa shape index (κ2) is 8.32. The summed E-state index contributed by atoms with van der Waals surface area (Å²) in [7, 11) is 0. The van der Waals surface area contributed by atoms with E-state index < -0.39 is 18.2 Å². The number of oxime groups is 1. The van der Waals surface area contributed by atoms with Crippen LogP contribution in [0.25, 0.3) is 0 Å². The fourth-order valence-electron chi connectivity index (χ4n) is 4.49. The topological polar surface area (TPSA) is 99.4 Å². The predicted octanol–water partition coefficient (Wildman–Crippen LogP) is 2.35. The summed E-state index contributed by atoms with van der Waals surface area (Å²) in [6, 6.07) is 0. The number of carbonyl (C=O) groups is 1. The zero-order valence-corrected chi connectivity index (χ0v) is 14.6. The van der Waals surface area contributed by atoms with E-state index in [0.717, 1.165) is 25.0 Å². The van der Waals surface area contributed by atoms with Gasteiger partial charge in [0.25, 0.3) is 0 Å². The van der Waals surface area contributed by atoms with Gasteiger partial charge in [0.05, 0.1) is 24.3 Å². The third kappa shape index (κ3) is 4.42. The van der Waals surface area contributed by atoms with E-state index in [1.807, 2.05) is 12.2 Å². The second-order valence-corrected chi connectivity index (χ2v) is 7.70. The van der Waals surface area contributed by atoms with Crippen LogP contribution >= 0.6 is 0 Å². The Kier molecular flexibility index (Phi) is 6.12. The molecule has 3 N–H and O–H groups in total. The van der Waals surface area contributed by atoms with Gasteiger partial charge in [-0.3, -0.25) is 4.79 Å². The lowest BCUT2D eigenvalue weighted by atomic mass is 9.73. The molecule has 5 atom stereocenters. The van der Waals surface area contributed by atoms with Crippen LogP contribution in [0.1, 0.15) is 51.4 Å².